The fourth-order valence-electron chi connectivity index (χ4n) is 18.0. The Morgan fingerprint density at radius 2 is 0.382 bits per heavy atom. The summed E-state index contributed by atoms with van der Waals surface area (Å²) in [4.78, 5) is 0. The first-order valence-corrected chi connectivity index (χ1v) is 32.0. The summed E-state index contributed by atoms with van der Waals surface area (Å²) in [6, 6.07) is 0. The maximum atomic E-state index is 2.53. The highest BCUT2D eigenvalue weighted by Gasteiger charge is 2.40. The van der Waals surface area contributed by atoms with Crippen molar-refractivity contribution in [3.05, 3.63) is 0 Å². The molecule has 0 aromatic heterocycles. The predicted molar refractivity (Wildman–Crippen MR) is 293 cm³/mol. The van der Waals surface area contributed by atoms with Gasteiger partial charge in [-0.25, -0.2) is 0 Å². The van der Waals surface area contributed by atoms with Crippen molar-refractivity contribution in [1.29, 1.82) is 0 Å². The first kappa shape index (κ1) is 55.5. The molecule has 396 valence electrons. The van der Waals surface area contributed by atoms with E-state index in [-0.39, 0.29) is 0 Å². The maximum Gasteiger partial charge on any atom is 0.0815 e. The van der Waals surface area contributed by atoms with E-state index in [1.807, 2.05) is 0 Å². The van der Waals surface area contributed by atoms with Gasteiger partial charge in [-0.2, -0.15) is 0 Å². The van der Waals surface area contributed by atoms with Crippen molar-refractivity contribution in [2.24, 2.45) is 35.5 Å². The minimum Gasteiger partial charge on any atom is -0.326 e. The Bertz CT molecular complexity index is 1250. The van der Waals surface area contributed by atoms with E-state index in [0.29, 0.717) is 0 Å². The van der Waals surface area contributed by atoms with Gasteiger partial charge in [0.25, 0.3) is 0 Å². The highest BCUT2D eigenvalue weighted by Crippen LogP contribution is 2.38. The van der Waals surface area contributed by atoms with Gasteiger partial charge in [-0.05, 0) is 182 Å². The Kier molecular flexibility index (Phi) is 21.9. The van der Waals surface area contributed by atoms with Crippen molar-refractivity contribution in [2.75, 3.05) is 158 Å². The minimum absolute atomic E-state index is 1.03. The van der Waals surface area contributed by atoms with Crippen LogP contribution in [0.5, 0.6) is 0 Å². The zero-order chi connectivity index (χ0) is 47.8. The zero-order valence-electron chi connectivity index (χ0n) is 47.5. The van der Waals surface area contributed by atoms with E-state index < -0.39 is 0 Å². The van der Waals surface area contributed by atoms with Gasteiger partial charge in [-0.3, -0.25) is 0 Å². The van der Waals surface area contributed by atoms with Crippen molar-refractivity contribution >= 4 is 0 Å². The monoisotopic (exact) mass is 953 g/mol. The molecule has 0 bridgehead atoms. The molecule has 9 fully saturated rings. The standard InChI is InChI=1S/C22H44N2.2C20H40N2/c1-3-23(15-7-5-8-16-23)19-21-11-13-22(14-12-21)20-24(4-2)17-9-6-10-18-24;1-21(13-5-3-6-14-21)17-19-9-11-20(12-10-19)18-22(2)15-7-4-8-16-22;1-3-21(13-5-6-14-21)17-19-9-11-20(12-10-19)18-22(4-2)15-7-8-16-22/h21-22H,3-20H2,1-2H3;2*19-20H,3-18H2,1-2H3/q3*+2. The Hall–Kier alpha value is -0.240. The number of quaternary nitrogens is 6. The van der Waals surface area contributed by atoms with Gasteiger partial charge in [0.1, 0.15) is 0 Å². The van der Waals surface area contributed by atoms with Crippen LogP contribution in [0, 0.1) is 35.5 Å². The van der Waals surface area contributed by atoms with E-state index in [1.165, 1.54) is 351 Å². The van der Waals surface area contributed by atoms with Crippen LogP contribution in [0.15, 0.2) is 0 Å². The van der Waals surface area contributed by atoms with Gasteiger partial charge in [0.2, 0.25) is 0 Å². The van der Waals surface area contributed by atoms with E-state index in [0.717, 1.165) is 35.5 Å². The first-order valence-electron chi connectivity index (χ1n) is 32.0. The smallest absolute Gasteiger partial charge is 0.0815 e. The molecule has 0 atom stereocenters. The molecule has 0 aromatic rings. The molecule has 6 saturated heterocycles. The van der Waals surface area contributed by atoms with Gasteiger partial charge < -0.3 is 26.9 Å². The van der Waals surface area contributed by atoms with E-state index in [1.54, 1.807) is 0 Å². The van der Waals surface area contributed by atoms with Gasteiger partial charge in [-0.1, -0.05) is 0 Å². The number of rotatable bonds is 16. The van der Waals surface area contributed by atoms with Gasteiger partial charge in [0.05, 0.1) is 158 Å². The largest absolute Gasteiger partial charge is 0.326 e. The number of hydrogen-bond donors (Lipinski definition) is 0. The third-order valence-corrected chi connectivity index (χ3v) is 22.9. The van der Waals surface area contributed by atoms with Gasteiger partial charge in [0, 0.05) is 61.2 Å². The summed E-state index contributed by atoms with van der Waals surface area (Å²) < 4.78 is 8.63. The molecule has 6 heterocycles. The lowest BCUT2D eigenvalue weighted by atomic mass is 9.80. The predicted octanol–water partition coefficient (Wildman–Crippen LogP) is 12.9. The van der Waals surface area contributed by atoms with E-state index >= 15 is 0 Å². The summed E-state index contributed by atoms with van der Waals surface area (Å²) in [7, 11) is 5.07. The Balaban J connectivity index is 0.000000151. The fourth-order valence-corrected chi connectivity index (χ4v) is 18.0. The van der Waals surface area contributed by atoms with Gasteiger partial charge in [-0.15, -0.1) is 0 Å². The Labute approximate surface area is 426 Å². The second-order valence-electron chi connectivity index (χ2n) is 28.0. The lowest BCUT2D eigenvalue weighted by molar-refractivity contribution is -0.935. The van der Waals surface area contributed by atoms with Crippen molar-refractivity contribution in [2.45, 2.75) is 207 Å². The van der Waals surface area contributed by atoms with Crippen LogP contribution in [0.3, 0.4) is 0 Å². The SMILES string of the molecule is CC[N+]1(CC2CCC(C[N+]3(CC)CCCC3)CC2)CCCC1.CC[N+]1(CC2CCC(C[N+]3(CC)CCCCC3)CC2)CCCCC1.C[N+]1(CC2CCC(C[N+]3(C)CCCCC3)CC2)CCCCC1. The molecule has 9 aliphatic rings. The molecule has 0 spiro atoms. The molecule has 0 radical (unpaired) electrons. The number of hydrogen-bond acceptors (Lipinski definition) is 0. The van der Waals surface area contributed by atoms with E-state index in [2.05, 4.69) is 41.8 Å². The van der Waals surface area contributed by atoms with Crippen molar-refractivity contribution in [3.8, 4) is 0 Å². The summed E-state index contributed by atoms with van der Waals surface area (Å²) in [5.41, 5.74) is 0. The summed E-state index contributed by atoms with van der Waals surface area (Å²) >= 11 is 0. The van der Waals surface area contributed by atoms with Crippen LogP contribution in [0.1, 0.15) is 207 Å². The average Bonchev–Trinajstić information content (AvgIpc) is 4.05. The third-order valence-electron chi connectivity index (χ3n) is 22.9. The van der Waals surface area contributed by atoms with Gasteiger partial charge in [0.15, 0.2) is 0 Å². The maximum absolute atomic E-state index is 2.53. The minimum atomic E-state index is 1.03. The van der Waals surface area contributed by atoms with E-state index in [9.17, 15) is 0 Å². The van der Waals surface area contributed by atoms with Crippen LogP contribution in [-0.2, 0) is 0 Å². The first-order chi connectivity index (χ1) is 33.0. The van der Waals surface area contributed by atoms with Crippen LogP contribution < -0.4 is 0 Å². The average molecular weight is 954 g/mol. The summed E-state index contributed by atoms with van der Waals surface area (Å²) in [5.74, 6) is 6.23. The normalized spacial score (nSPS) is 34.1. The molecular formula is C62H124N6+6. The van der Waals surface area contributed by atoms with Crippen molar-refractivity contribution < 1.29 is 26.9 Å². The topological polar surface area (TPSA) is 0 Å². The molecular weight excluding hydrogens is 829 g/mol. The van der Waals surface area contributed by atoms with Crippen molar-refractivity contribution in [3.63, 3.8) is 0 Å². The van der Waals surface area contributed by atoms with Crippen molar-refractivity contribution in [1.82, 2.24) is 0 Å². The summed E-state index contributed by atoms with van der Waals surface area (Å²) in [6.07, 6.45) is 42.1. The molecule has 68 heavy (non-hydrogen) atoms. The molecule has 0 aromatic carbocycles. The Morgan fingerprint density at radius 3 is 0.574 bits per heavy atom. The number of likely N-dealkylation sites (tertiary alicyclic amines) is 6. The molecule has 6 nitrogen and oxygen atoms in total. The highest BCUT2D eigenvalue weighted by atomic mass is 15.4. The number of piperidine rings is 4. The molecule has 9 rings (SSSR count). The lowest BCUT2D eigenvalue weighted by Crippen LogP contribution is -2.55. The summed E-state index contributed by atoms with van der Waals surface area (Å²) in [6.45, 7) is 41.9. The molecule has 6 aliphatic heterocycles. The molecule has 0 unspecified atom stereocenters. The zero-order valence-corrected chi connectivity index (χ0v) is 47.5. The van der Waals surface area contributed by atoms with Crippen LogP contribution in [0.25, 0.3) is 0 Å². The molecule has 6 heteroatoms. The van der Waals surface area contributed by atoms with E-state index in [4.69, 9.17) is 0 Å². The quantitative estimate of drug-likeness (QED) is 0.135. The number of nitrogens with zero attached hydrogens (tertiary/aromatic N) is 6. The molecule has 0 amide bonds. The highest BCUT2D eigenvalue weighted by molar-refractivity contribution is 4.77. The fraction of sp³-hybridized carbons (Fsp3) is 1.00. The third kappa shape index (κ3) is 16.4. The second kappa shape index (κ2) is 26.8. The van der Waals surface area contributed by atoms with Crippen LogP contribution in [0.2, 0.25) is 0 Å². The van der Waals surface area contributed by atoms with Crippen LogP contribution in [-0.4, -0.2) is 185 Å². The Morgan fingerprint density at radius 1 is 0.221 bits per heavy atom. The molecule has 3 aliphatic carbocycles. The summed E-state index contributed by atoms with van der Waals surface area (Å²) in [5, 5.41) is 0. The van der Waals surface area contributed by atoms with Crippen LogP contribution >= 0.6 is 0 Å². The molecule has 0 N–H and O–H groups in total. The lowest BCUT2D eigenvalue weighted by Gasteiger charge is -2.46. The van der Waals surface area contributed by atoms with Gasteiger partial charge >= 0.3 is 0 Å². The second-order valence-corrected chi connectivity index (χ2v) is 28.0. The van der Waals surface area contributed by atoms with Crippen LogP contribution in [0.4, 0.5) is 0 Å². The molecule has 3 saturated carbocycles.